The number of likely N-dealkylation sites (tertiary alicyclic amines) is 1. The lowest BCUT2D eigenvalue weighted by molar-refractivity contribution is -0.198. The number of sulfone groups is 1. The Morgan fingerprint density at radius 1 is 1.07 bits per heavy atom. The van der Waals surface area contributed by atoms with Crippen molar-refractivity contribution in [3.05, 3.63) is 30.3 Å². The van der Waals surface area contributed by atoms with Gasteiger partial charge in [0.25, 0.3) is 5.91 Å². The van der Waals surface area contributed by atoms with E-state index < -0.39 is 27.4 Å². The lowest BCUT2D eigenvalue weighted by Crippen LogP contribution is -2.53. The molecule has 0 radical (unpaired) electrons. The topological polar surface area (TPSA) is 84.0 Å². The molecule has 2 amide bonds. The molecule has 1 aliphatic carbocycles. The normalized spacial score (nSPS) is 28.1. The molecule has 2 saturated heterocycles. The molecule has 2 aliphatic heterocycles. The van der Waals surface area contributed by atoms with E-state index in [0.717, 1.165) is 37.0 Å². The van der Waals surface area contributed by atoms with Crippen LogP contribution in [0.25, 0.3) is 0 Å². The number of hydrogen-bond acceptors (Lipinski definition) is 6. The zero-order valence-electron chi connectivity index (χ0n) is 15.3. The van der Waals surface area contributed by atoms with Gasteiger partial charge in [-0.05, 0) is 25.0 Å². The summed E-state index contributed by atoms with van der Waals surface area (Å²) in [4.78, 5) is 32.5. The maximum Gasteiger partial charge on any atom is 0.261 e. The maximum absolute atomic E-state index is 12.7. The Kier molecular flexibility index (Phi) is 4.60. The number of hydroxylamine groups is 2. The highest BCUT2D eigenvalue weighted by molar-refractivity contribution is 7.91. The van der Waals surface area contributed by atoms with Crippen molar-refractivity contribution in [3.8, 4) is 0 Å². The Labute approximate surface area is 159 Å². The number of likely N-dealkylation sites (N-methyl/N-ethyl adjacent to an activating group) is 1. The van der Waals surface area contributed by atoms with Crippen molar-refractivity contribution in [1.29, 1.82) is 0 Å². The van der Waals surface area contributed by atoms with E-state index in [1.807, 2.05) is 0 Å². The van der Waals surface area contributed by atoms with Gasteiger partial charge in [-0.25, -0.2) is 8.42 Å². The third kappa shape index (κ3) is 2.90. The lowest BCUT2D eigenvalue weighted by Gasteiger charge is -2.42. The average molecular weight is 392 g/mol. The maximum atomic E-state index is 12.7. The Bertz CT molecular complexity index is 848. The molecule has 3 fully saturated rings. The van der Waals surface area contributed by atoms with Crippen molar-refractivity contribution in [2.45, 2.75) is 48.6 Å². The van der Waals surface area contributed by atoms with E-state index >= 15 is 0 Å². The van der Waals surface area contributed by atoms with E-state index in [-0.39, 0.29) is 29.0 Å². The van der Waals surface area contributed by atoms with Gasteiger partial charge in [0, 0.05) is 13.6 Å². The third-order valence-corrected chi connectivity index (χ3v) is 7.89. The third-order valence-electron chi connectivity index (χ3n) is 6.17. The predicted octanol–water partition coefficient (Wildman–Crippen LogP) is 1.39. The van der Waals surface area contributed by atoms with Crippen molar-refractivity contribution < 1.29 is 22.8 Å². The first-order chi connectivity index (χ1) is 12.9. The Hall–Kier alpha value is -1.77. The number of benzene rings is 1. The molecule has 2 heterocycles. The first-order valence-electron chi connectivity index (χ1n) is 9.40. The Balaban J connectivity index is 1.59. The summed E-state index contributed by atoms with van der Waals surface area (Å²) in [6, 6.07) is 8.31. The fourth-order valence-electron chi connectivity index (χ4n) is 4.74. The molecule has 0 N–H and O–H groups in total. The standard InChI is InChI=1S/C19H24N2O5S/c1-20-17(22)15-16(18(20)23)26-21(19(15)10-6-3-7-11-19)12-13-27(24,25)14-8-4-2-5-9-14/h2,4-5,8-9,15-16H,3,6-7,10-13H2,1H3/t15-,16+/m1/s1. The van der Waals surface area contributed by atoms with Crippen LogP contribution in [0.4, 0.5) is 0 Å². The molecule has 146 valence electrons. The van der Waals surface area contributed by atoms with Crippen LogP contribution in [0, 0.1) is 5.92 Å². The highest BCUT2D eigenvalue weighted by Gasteiger charge is 2.65. The highest BCUT2D eigenvalue weighted by Crippen LogP contribution is 2.50. The van der Waals surface area contributed by atoms with E-state index in [9.17, 15) is 18.0 Å². The minimum atomic E-state index is -3.47. The van der Waals surface area contributed by atoms with Crippen LogP contribution in [-0.2, 0) is 24.3 Å². The van der Waals surface area contributed by atoms with Crippen molar-refractivity contribution >= 4 is 21.7 Å². The lowest BCUT2D eigenvalue weighted by atomic mass is 9.71. The van der Waals surface area contributed by atoms with Gasteiger partial charge >= 0.3 is 0 Å². The molecular weight excluding hydrogens is 368 g/mol. The molecule has 27 heavy (non-hydrogen) atoms. The largest absolute Gasteiger partial charge is 0.284 e. The zero-order valence-corrected chi connectivity index (χ0v) is 16.2. The van der Waals surface area contributed by atoms with E-state index in [0.29, 0.717) is 0 Å². The molecule has 2 atom stereocenters. The van der Waals surface area contributed by atoms with Gasteiger partial charge in [0.2, 0.25) is 5.91 Å². The van der Waals surface area contributed by atoms with Crippen molar-refractivity contribution in [1.82, 2.24) is 9.96 Å². The number of imide groups is 1. The van der Waals surface area contributed by atoms with Crippen LogP contribution in [0.15, 0.2) is 35.2 Å². The van der Waals surface area contributed by atoms with Gasteiger partial charge in [-0.1, -0.05) is 37.5 Å². The summed E-state index contributed by atoms with van der Waals surface area (Å²) < 4.78 is 25.3. The molecule has 1 saturated carbocycles. The molecular formula is C19H24N2O5S. The fourth-order valence-corrected chi connectivity index (χ4v) is 5.96. The Morgan fingerprint density at radius 2 is 1.74 bits per heavy atom. The Morgan fingerprint density at radius 3 is 2.41 bits per heavy atom. The number of rotatable bonds is 4. The van der Waals surface area contributed by atoms with Crippen LogP contribution in [0.2, 0.25) is 0 Å². The smallest absolute Gasteiger partial charge is 0.261 e. The minimum absolute atomic E-state index is 0.115. The molecule has 8 heteroatoms. The summed E-state index contributed by atoms with van der Waals surface area (Å²) in [6.07, 6.45) is 3.63. The molecule has 1 aromatic carbocycles. The van der Waals surface area contributed by atoms with Crippen molar-refractivity contribution in [2.24, 2.45) is 5.92 Å². The van der Waals surface area contributed by atoms with Crippen molar-refractivity contribution in [2.75, 3.05) is 19.3 Å². The van der Waals surface area contributed by atoms with Gasteiger partial charge in [-0.15, -0.1) is 0 Å². The molecule has 0 bridgehead atoms. The van der Waals surface area contributed by atoms with Gasteiger partial charge in [-0.3, -0.25) is 19.3 Å². The van der Waals surface area contributed by atoms with Crippen LogP contribution in [0.3, 0.4) is 0 Å². The van der Waals surface area contributed by atoms with Gasteiger partial charge in [-0.2, -0.15) is 5.06 Å². The average Bonchev–Trinajstić information content (AvgIpc) is 3.10. The summed E-state index contributed by atoms with van der Waals surface area (Å²) in [5.41, 5.74) is -0.577. The fraction of sp³-hybridized carbons (Fsp3) is 0.579. The monoisotopic (exact) mass is 392 g/mol. The number of hydrogen-bond donors (Lipinski definition) is 0. The van der Waals surface area contributed by atoms with Crippen LogP contribution < -0.4 is 0 Å². The first kappa shape index (κ1) is 18.6. The molecule has 3 aliphatic rings. The first-order valence-corrected chi connectivity index (χ1v) is 11.1. The van der Waals surface area contributed by atoms with E-state index in [4.69, 9.17) is 4.84 Å². The van der Waals surface area contributed by atoms with Crippen LogP contribution >= 0.6 is 0 Å². The molecule has 4 rings (SSSR count). The van der Waals surface area contributed by atoms with Gasteiger partial charge < -0.3 is 0 Å². The van der Waals surface area contributed by atoms with Gasteiger partial charge in [0.1, 0.15) is 0 Å². The number of nitrogens with zero attached hydrogens (tertiary/aromatic N) is 2. The predicted molar refractivity (Wildman–Crippen MR) is 97.2 cm³/mol. The molecule has 0 aromatic heterocycles. The van der Waals surface area contributed by atoms with Gasteiger partial charge in [0.15, 0.2) is 15.9 Å². The van der Waals surface area contributed by atoms with Gasteiger partial charge in [0.05, 0.1) is 22.1 Å². The molecule has 0 unspecified atom stereocenters. The molecule has 1 aromatic rings. The van der Waals surface area contributed by atoms with Crippen LogP contribution in [0.5, 0.6) is 0 Å². The minimum Gasteiger partial charge on any atom is -0.284 e. The summed E-state index contributed by atoms with van der Waals surface area (Å²) in [5.74, 6) is -1.19. The second kappa shape index (κ2) is 6.68. The van der Waals surface area contributed by atoms with Crippen molar-refractivity contribution in [3.63, 3.8) is 0 Å². The summed E-state index contributed by atoms with van der Waals surface area (Å²) in [6.45, 7) is 0.147. The van der Waals surface area contributed by atoms with E-state index in [1.165, 1.54) is 7.05 Å². The van der Waals surface area contributed by atoms with E-state index in [1.54, 1.807) is 35.4 Å². The number of amides is 2. The molecule has 1 spiro atoms. The number of carbonyl (C=O) groups is 2. The number of carbonyl (C=O) groups excluding carboxylic acids is 2. The molecule has 7 nitrogen and oxygen atoms in total. The second-order valence-corrected chi connectivity index (χ2v) is 9.75. The highest BCUT2D eigenvalue weighted by atomic mass is 32.2. The summed E-state index contributed by atoms with van der Waals surface area (Å²) >= 11 is 0. The SMILES string of the molecule is CN1C(=O)[C@H]2ON(CCS(=O)(=O)c3ccccc3)C3(CCCCC3)[C@H]2C1=O. The van der Waals surface area contributed by atoms with Crippen LogP contribution in [-0.4, -0.2) is 61.2 Å². The summed E-state index contributed by atoms with van der Waals surface area (Å²) in [7, 11) is -1.97. The number of fused-ring (bicyclic) bond motifs is 2. The quantitative estimate of drug-likeness (QED) is 0.720. The second-order valence-electron chi connectivity index (χ2n) is 7.64. The van der Waals surface area contributed by atoms with Crippen LogP contribution in [0.1, 0.15) is 32.1 Å². The van der Waals surface area contributed by atoms with E-state index in [2.05, 4.69) is 0 Å². The zero-order chi connectivity index (χ0) is 19.2. The summed E-state index contributed by atoms with van der Waals surface area (Å²) in [5, 5.41) is 1.66.